The Kier molecular flexibility index (Phi) is 2.96. The van der Waals surface area contributed by atoms with Gasteiger partial charge in [-0.1, -0.05) is 12.8 Å². The van der Waals surface area contributed by atoms with Crippen LogP contribution in [0, 0.1) is 5.41 Å². The summed E-state index contributed by atoms with van der Waals surface area (Å²) >= 11 is 0. The number of hydrogen-bond acceptors (Lipinski definition) is 5. The first-order valence-corrected chi connectivity index (χ1v) is 8.93. The fourth-order valence-corrected chi connectivity index (χ4v) is 5.87. The number of nitrogens with zero attached hydrogens (tertiary/aromatic N) is 1. The molecule has 1 spiro atoms. The molecule has 0 bridgehead atoms. The topological polar surface area (TPSA) is 101 Å². The van der Waals surface area contributed by atoms with Crippen molar-refractivity contribution in [3.05, 3.63) is 0 Å². The van der Waals surface area contributed by atoms with Gasteiger partial charge in [0, 0.05) is 0 Å². The van der Waals surface area contributed by atoms with Crippen molar-refractivity contribution in [1.82, 2.24) is 10.2 Å². The number of sulfone groups is 1. The number of carbonyl (C=O) groups is 3. The zero-order chi connectivity index (χ0) is 15.5. The molecule has 0 aromatic rings. The molecule has 1 saturated carbocycles. The smallest absolute Gasteiger partial charge is 0.277 e. The molecule has 2 saturated heterocycles. The summed E-state index contributed by atoms with van der Waals surface area (Å²) in [4.78, 5) is 38.1. The number of imide groups is 2. The van der Waals surface area contributed by atoms with E-state index in [1.807, 2.05) is 0 Å². The van der Waals surface area contributed by atoms with E-state index in [0.717, 1.165) is 17.7 Å². The van der Waals surface area contributed by atoms with Gasteiger partial charge in [0.15, 0.2) is 9.84 Å². The van der Waals surface area contributed by atoms with Gasteiger partial charge in [0.2, 0.25) is 11.8 Å². The largest absolute Gasteiger partial charge is 0.331 e. The predicted octanol–water partition coefficient (Wildman–Crippen LogP) is 0.202. The Labute approximate surface area is 123 Å². The summed E-state index contributed by atoms with van der Waals surface area (Å²) in [5.74, 6) is -1.32. The summed E-state index contributed by atoms with van der Waals surface area (Å²) in [5.41, 5.74) is -2.24. The van der Waals surface area contributed by atoms with Crippen molar-refractivity contribution in [3.63, 3.8) is 0 Å². The predicted molar refractivity (Wildman–Crippen MR) is 73.0 cm³/mol. The SMILES string of the molecule is CC1(N2C(=O)NC(=O)C3(CCCC3)C2=O)CCS(=O)(=O)C1. The van der Waals surface area contributed by atoms with Gasteiger partial charge >= 0.3 is 6.03 Å². The number of amides is 4. The Hall–Kier alpha value is -1.44. The molecule has 8 heteroatoms. The van der Waals surface area contributed by atoms with Crippen LogP contribution in [0.4, 0.5) is 4.79 Å². The van der Waals surface area contributed by atoms with E-state index in [4.69, 9.17) is 0 Å². The molecule has 116 valence electrons. The monoisotopic (exact) mass is 314 g/mol. The molecule has 1 N–H and O–H groups in total. The van der Waals surface area contributed by atoms with Crippen LogP contribution in [0.1, 0.15) is 39.0 Å². The molecular weight excluding hydrogens is 296 g/mol. The summed E-state index contributed by atoms with van der Waals surface area (Å²) in [6.07, 6.45) is 2.58. The zero-order valence-electron chi connectivity index (χ0n) is 11.8. The van der Waals surface area contributed by atoms with E-state index in [9.17, 15) is 22.8 Å². The van der Waals surface area contributed by atoms with Gasteiger partial charge in [-0.05, 0) is 26.2 Å². The van der Waals surface area contributed by atoms with E-state index in [1.165, 1.54) is 0 Å². The molecule has 3 aliphatic rings. The maximum atomic E-state index is 12.8. The van der Waals surface area contributed by atoms with Gasteiger partial charge in [0.1, 0.15) is 5.41 Å². The van der Waals surface area contributed by atoms with E-state index < -0.39 is 38.6 Å². The molecule has 21 heavy (non-hydrogen) atoms. The van der Waals surface area contributed by atoms with E-state index in [1.54, 1.807) is 6.92 Å². The van der Waals surface area contributed by atoms with Gasteiger partial charge in [-0.3, -0.25) is 19.8 Å². The maximum Gasteiger partial charge on any atom is 0.331 e. The van der Waals surface area contributed by atoms with Gasteiger partial charge in [-0.25, -0.2) is 13.2 Å². The van der Waals surface area contributed by atoms with Crippen molar-refractivity contribution in [2.45, 2.75) is 44.6 Å². The highest BCUT2D eigenvalue weighted by Crippen LogP contribution is 2.44. The Morgan fingerprint density at radius 1 is 1.10 bits per heavy atom. The highest BCUT2D eigenvalue weighted by Gasteiger charge is 2.60. The van der Waals surface area contributed by atoms with Gasteiger partial charge in [0.05, 0.1) is 17.0 Å². The first kappa shape index (κ1) is 14.5. The summed E-state index contributed by atoms with van der Waals surface area (Å²) in [7, 11) is -3.26. The Morgan fingerprint density at radius 3 is 2.24 bits per heavy atom. The van der Waals surface area contributed by atoms with E-state index >= 15 is 0 Å². The van der Waals surface area contributed by atoms with E-state index in [-0.39, 0.29) is 17.9 Å². The number of hydrogen-bond donors (Lipinski definition) is 1. The molecule has 2 aliphatic heterocycles. The molecule has 1 atom stereocenters. The molecule has 1 aliphatic carbocycles. The highest BCUT2D eigenvalue weighted by atomic mass is 32.2. The lowest BCUT2D eigenvalue weighted by Gasteiger charge is -2.44. The summed E-state index contributed by atoms with van der Waals surface area (Å²) in [5, 5.41) is 2.25. The second-order valence-electron chi connectivity index (χ2n) is 6.53. The third-order valence-electron chi connectivity index (χ3n) is 4.95. The van der Waals surface area contributed by atoms with Gasteiger partial charge in [0.25, 0.3) is 0 Å². The summed E-state index contributed by atoms with van der Waals surface area (Å²) in [6, 6.07) is -0.790. The Balaban J connectivity index is 2.00. The molecule has 0 aromatic heterocycles. The number of urea groups is 1. The third-order valence-corrected chi connectivity index (χ3v) is 6.84. The van der Waals surface area contributed by atoms with Crippen molar-refractivity contribution in [2.24, 2.45) is 5.41 Å². The number of carbonyl (C=O) groups excluding carboxylic acids is 3. The highest BCUT2D eigenvalue weighted by molar-refractivity contribution is 7.91. The standard InChI is InChI=1S/C13H18N2O5S/c1-12(6-7-21(19,20)8-12)15-10(17)13(4-2-3-5-13)9(16)14-11(15)18/h2-8H2,1H3,(H,14,16,18). The Bertz CT molecular complexity index is 635. The van der Waals surface area contributed by atoms with E-state index in [0.29, 0.717) is 12.8 Å². The van der Waals surface area contributed by atoms with Crippen molar-refractivity contribution in [3.8, 4) is 0 Å². The molecule has 2 heterocycles. The second kappa shape index (κ2) is 4.28. The van der Waals surface area contributed by atoms with Crippen LogP contribution in [-0.2, 0) is 19.4 Å². The minimum atomic E-state index is -3.26. The van der Waals surface area contributed by atoms with Crippen molar-refractivity contribution in [2.75, 3.05) is 11.5 Å². The number of rotatable bonds is 1. The average molecular weight is 314 g/mol. The molecule has 7 nitrogen and oxygen atoms in total. The van der Waals surface area contributed by atoms with Crippen LogP contribution < -0.4 is 5.32 Å². The second-order valence-corrected chi connectivity index (χ2v) is 8.71. The molecule has 1 unspecified atom stereocenters. The zero-order valence-corrected chi connectivity index (χ0v) is 12.7. The first-order valence-electron chi connectivity index (χ1n) is 7.11. The lowest BCUT2D eigenvalue weighted by molar-refractivity contribution is -0.154. The fraction of sp³-hybridized carbons (Fsp3) is 0.769. The van der Waals surface area contributed by atoms with Crippen LogP contribution in [0.3, 0.4) is 0 Å². The summed E-state index contributed by atoms with van der Waals surface area (Å²) < 4.78 is 23.5. The molecule has 0 aromatic carbocycles. The number of barbiturate groups is 1. The first-order chi connectivity index (χ1) is 9.70. The minimum absolute atomic E-state index is 0.0402. The number of nitrogens with one attached hydrogen (secondary N) is 1. The molecule has 3 fully saturated rings. The lowest BCUT2D eigenvalue weighted by Crippen LogP contribution is -2.68. The van der Waals surface area contributed by atoms with Crippen LogP contribution in [0.15, 0.2) is 0 Å². The molecule has 0 radical (unpaired) electrons. The quantitative estimate of drug-likeness (QED) is 0.697. The van der Waals surface area contributed by atoms with E-state index in [2.05, 4.69) is 5.32 Å². The van der Waals surface area contributed by atoms with Crippen molar-refractivity contribution in [1.29, 1.82) is 0 Å². The van der Waals surface area contributed by atoms with Crippen molar-refractivity contribution >= 4 is 27.7 Å². The third kappa shape index (κ3) is 1.99. The Morgan fingerprint density at radius 2 is 1.71 bits per heavy atom. The van der Waals surface area contributed by atoms with Crippen molar-refractivity contribution < 1.29 is 22.8 Å². The molecule has 3 rings (SSSR count). The fourth-order valence-electron chi connectivity index (χ4n) is 3.76. The summed E-state index contributed by atoms with van der Waals surface area (Å²) in [6.45, 7) is 1.60. The van der Waals surface area contributed by atoms with Crippen LogP contribution in [0.2, 0.25) is 0 Å². The lowest BCUT2D eigenvalue weighted by atomic mass is 9.80. The van der Waals surface area contributed by atoms with Crippen LogP contribution in [-0.4, -0.2) is 48.2 Å². The van der Waals surface area contributed by atoms with Gasteiger partial charge < -0.3 is 0 Å². The van der Waals surface area contributed by atoms with Gasteiger partial charge in [-0.2, -0.15) is 0 Å². The van der Waals surface area contributed by atoms with Crippen LogP contribution in [0.5, 0.6) is 0 Å². The normalized spacial score (nSPS) is 34.5. The van der Waals surface area contributed by atoms with Crippen LogP contribution in [0.25, 0.3) is 0 Å². The average Bonchev–Trinajstić information content (AvgIpc) is 2.94. The van der Waals surface area contributed by atoms with Crippen LogP contribution >= 0.6 is 0 Å². The maximum absolute atomic E-state index is 12.8. The molecular formula is C13H18N2O5S. The minimum Gasteiger partial charge on any atom is -0.277 e. The molecule has 4 amide bonds. The van der Waals surface area contributed by atoms with Gasteiger partial charge in [-0.15, -0.1) is 0 Å².